The average molecular weight is 208 g/mol. The van der Waals surface area contributed by atoms with Gasteiger partial charge in [-0.15, -0.1) is 0 Å². The highest BCUT2D eigenvalue weighted by Crippen LogP contribution is 2.59. The molecule has 0 saturated heterocycles. The summed E-state index contributed by atoms with van der Waals surface area (Å²) in [5, 5.41) is 0. The van der Waals surface area contributed by atoms with Gasteiger partial charge in [-0.3, -0.25) is 0 Å². The van der Waals surface area contributed by atoms with Gasteiger partial charge in [0.1, 0.15) is 0 Å². The Morgan fingerprint density at radius 1 is 1.27 bits per heavy atom. The van der Waals surface area contributed by atoms with E-state index in [4.69, 9.17) is 0 Å². The van der Waals surface area contributed by atoms with E-state index in [0.717, 1.165) is 23.7 Å². The van der Waals surface area contributed by atoms with Crippen molar-refractivity contribution in [1.82, 2.24) is 0 Å². The van der Waals surface area contributed by atoms with E-state index in [1.165, 1.54) is 38.5 Å². The number of hydrogen-bond donors (Lipinski definition) is 0. The van der Waals surface area contributed by atoms with E-state index in [1.807, 2.05) is 0 Å². The van der Waals surface area contributed by atoms with Crippen LogP contribution in [0.2, 0.25) is 0 Å². The molecule has 0 heterocycles. The second kappa shape index (κ2) is 4.11. The third kappa shape index (κ3) is 1.74. The van der Waals surface area contributed by atoms with Gasteiger partial charge in [0.25, 0.3) is 0 Å². The zero-order valence-electron chi connectivity index (χ0n) is 11.1. The summed E-state index contributed by atoms with van der Waals surface area (Å²) in [7, 11) is 0. The summed E-state index contributed by atoms with van der Waals surface area (Å²) >= 11 is 0. The first kappa shape index (κ1) is 11.5. The van der Waals surface area contributed by atoms with Gasteiger partial charge in [-0.1, -0.05) is 47.0 Å². The van der Waals surface area contributed by atoms with Gasteiger partial charge in [-0.25, -0.2) is 0 Å². The smallest absolute Gasteiger partial charge is 0.0264 e. The summed E-state index contributed by atoms with van der Waals surface area (Å²) in [6.07, 6.45) is 8.90. The molecule has 0 aliphatic heterocycles. The quantitative estimate of drug-likeness (QED) is 0.606. The van der Waals surface area contributed by atoms with E-state index >= 15 is 0 Å². The molecule has 0 radical (unpaired) electrons. The van der Waals surface area contributed by atoms with E-state index in [0.29, 0.717) is 5.41 Å². The first-order valence-electron chi connectivity index (χ1n) is 7.09. The molecule has 2 aliphatic carbocycles. The Balaban J connectivity index is 2.17. The molecule has 88 valence electrons. The molecule has 0 aromatic carbocycles. The van der Waals surface area contributed by atoms with E-state index in [9.17, 15) is 0 Å². The van der Waals surface area contributed by atoms with Crippen LogP contribution in [0.25, 0.3) is 0 Å². The Labute approximate surface area is 95.8 Å². The highest BCUT2D eigenvalue weighted by atomic mass is 14.6. The van der Waals surface area contributed by atoms with Crippen LogP contribution in [0.5, 0.6) is 0 Å². The van der Waals surface area contributed by atoms with Crippen molar-refractivity contribution in [1.29, 1.82) is 0 Å². The monoisotopic (exact) mass is 208 g/mol. The molecule has 0 aromatic rings. The fourth-order valence-corrected chi connectivity index (χ4v) is 4.82. The molecule has 4 unspecified atom stereocenters. The lowest BCUT2D eigenvalue weighted by molar-refractivity contribution is 0.0362. The highest BCUT2D eigenvalue weighted by Gasteiger charge is 2.50. The molecule has 0 amide bonds. The highest BCUT2D eigenvalue weighted by molar-refractivity contribution is 5.00. The van der Waals surface area contributed by atoms with Crippen molar-refractivity contribution in [2.24, 2.45) is 29.1 Å². The molecule has 0 spiro atoms. The van der Waals surface area contributed by atoms with Crippen LogP contribution in [0, 0.1) is 29.1 Å². The first-order valence-corrected chi connectivity index (χ1v) is 7.09. The van der Waals surface area contributed by atoms with Crippen LogP contribution in [-0.4, -0.2) is 0 Å². The van der Waals surface area contributed by atoms with Gasteiger partial charge in [-0.05, 0) is 48.3 Å². The molecular formula is C15H28. The van der Waals surface area contributed by atoms with Gasteiger partial charge in [-0.2, -0.15) is 0 Å². The van der Waals surface area contributed by atoms with Crippen LogP contribution in [0.1, 0.15) is 66.2 Å². The second-order valence-electron chi connectivity index (χ2n) is 6.55. The standard InChI is InChI=1S/C15H28/c1-5-11(2)13-8-9-14-12(3)7-6-10-15(13,14)4/h11-14H,5-10H2,1-4H3/t11-,12?,13?,14?,15?/m1/s1. The average Bonchev–Trinajstić information content (AvgIpc) is 2.56. The van der Waals surface area contributed by atoms with Crippen molar-refractivity contribution in [3.8, 4) is 0 Å². The third-order valence-corrected chi connectivity index (χ3v) is 5.88. The maximum absolute atomic E-state index is 2.61. The minimum Gasteiger partial charge on any atom is -0.0651 e. The van der Waals surface area contributed by atoms with Crippen LogP contribution in [0.3, 0.4) is 0 Å². The van der Waals surface area contributed by atoms with Gasteiger partial charge in [0.2, 0.25) is 0 Å². The molecule has 0 aromatic heterocycles. The number of rotatable bonds is 2. The zero-order chi connectivity index (χ0) is 11.1. The number of hydrogen-bond acceptors (Lipinski definition) is 0. The van der Waals surface area contributed by atoms with Gasteiger partial charge < -0.3 is 0 Å². The fourth-order valence-electron chi connectivity index (χ4n) is 4.82. The minimum absolute atomic E-state index is 0.701. The Kier molecular flexibility index (Phi) is 3.14. The maximum Gasteiger partial charge on any atom is -0.0264 e. The maximum atomic E-state index is 2.61. The molecule has 0 nitrogen and oxygen atoms in total. The van der Waals surface area contributed by atoms with Crippen molar-refractivity contribution in [3.05, 3.63) is 0 Å². The Morgan fingerprint density at radius 3 is 2.67 bits per heavy atom. The molecule has 2 fully saturated rings. The molecule has 2 rings (SSSR count). The summed E-state index contributed by atoms with van der Waals surface area (Å²) in [4.78, 5) is 0. The van der Waals surface area contributed by atoms with Crippen molar-refractivity contribution in [2.75, 3.05) is 0 Å². The normalized spacial score (nSPS) is 47.6. The topological polar surface area (TPSA) is 0 Å². The minimum atomic E-state index is 0.701. The van der Waals surface area contributed by atoms with Crippen LogP contribution >= 0.6 is 0 Å². The summed E-state index contributed by atoms with van der Waals surface area (Å²) in [6, 6.07) is 0. The SMILES string of the molecule is CC[C@@H](C)C1CCC2C(C)CCCC21C. The van der Waals surface area contributed by atoms with E-state index < -0.39 is 0 Å². The Hall–Kier alpha value is 0. The van der Waals surface area contributed by atoms with Crippen molar-refractivity contribution in [2.45, 2.75) is 66.2 Å². The van der Waals surface area contributed by atoms with Crippen LogP contribution in [0.15, 0.2) is 0 Å². The molecule has 0 bridgehead atoms. The predicted molar refractivity (Wildman–Crippen MR) is 66.8 cm³/mol. The largest absolute Gasteiger partial charge is 0.0651 e. The van der Waals surface area contributed by atoms with Gasteiger partial charge in [0.15, 0.2) is 0 Å². The van der Waals surface area contributed by atoms with Gasteiger partial charge in [0.05, 0.1) is 0 Å². The molecular weight excluding hydrogens is 180 g/mol. The Morgan fingerprint density at radius 2 is 2.00 bits per heavy atom. The summed E-state index contributed by atoms with van der Waals surface area (Å²) in [6.45, 7) is 9.96. The van der Waals surface area contributed by atoms with E-state index in [2.05, 4.69) is 27.7 Å². The zero-order valence-corrected chi connectivity index (χ0v) is 11.1. The summed E-state index contributed by atoms with van der Waals surface area (Å²) in [5.74, 6) is 4.02. The summed E-state index contributed by atoms with van der Waals surface area (Å²) < 4.78 is 0. The third-order valence-electron chi connectivity index (χ3n) is 5.88. The molecule has 2 saturated carbocycles. The fraction of sp³-hybridized carbons (Fsp3) is 1.00. The van der Waals surface area contributed by atoms with Crippen molar-refractivity contribution < 1.29 is 0 Å². The van der Waals surface area contributed by atoms with Crippen LogP contribution < -0.4 is 0 Å². The van der Waals surface area contributed by atoms with Crippen molar-refractivity contribution in [3.63, 3.8) is 0 Å². The molecule has 0 N–H and O–H groups in total. The molecule has 2 aliphatic rings. The van der Waals surface area contributed by atoms with Crippen LogP contribution in [0.4, 0.5) is 0 Å². The Bertz CT molecular complexity index is 220. The van der Waals surface area contributed by atoms with E-state index in [-0.39, 0.29) is 0 Å². The molecule has 0 heteroatoms. The second-order valence-corrected chi connectivity index (χ2v) is 6.55. The van der Waals surface area contributed by atoms with Crippen LogP contribution in [-0.2, 0) is 0 Å². The van der Waals surface area contributed by atoms with Crippen molar-refractivity contribution >= 4 is 0 Å². The lowest BCUT2D eigenvalue weighted by Gasteiger charge is -2.46. The summed E-state index contributed by atoms with van der Waals surface area (Å²) in [5.41, 5.74) is 0.701. The molecule has 15 heavy (non-hydrogen) atoms. The predicted octanol–water partition coefficient (Wildman–Crippen LogP) is 4.89. The number of fused-ring (bicyclic) bond motifs is 1. The van der Waals surface area contributed by atoms with E-state index in [1.54, 1.807) is 0 Å². The lowest BCUT2D eigenvalue weighted by Crippen LogP contribution is -2.38. The lowest BCUT2D eigenvalue weighted by atomic mass is 9.59. The molecule has 5 atom stereocenters. The van der Waals surface area contributed by atoms with Gasteiger partial charge >= 0.3 is 0 Å². The first-order chi connectivity index (χ1) is 7.09. The van der Waals surface area contributed by atoms with Gasteiger partial charge in [0, 0.05) is 0 Å².